The number of ether oxygens (including phenoxy) is 3. The highest BCUT2D eigenvalue weighted by Gasteiger charge is 2.62. The van der Waals surface area contributed by atoms with Crippen LogP contribution < -0.4 is 24.2 Å². The summed E-state index contributed by atoms with van der Waals surface area (Å²) in [5.41, 5.74) is -0.866. The monoisotopic (exact) mass is 690 g/mol. The third kappa shape index (κ3) is 5.73. The highest BCUT2D eigenvalue weighted by Crippen LogP contribution is 2.46. The van der Waals surface area contributed by atoms with Gasteiger partial charge in [0.25, 0.3) is 5.91 Å². The number of hydrogen-bond donors (Lipinski definition) is 2. The van der Waals surface area contributed by atoms with Crippen LogP contribution in [0.4, 0.5) is 0 Å². The normalized spacial score (nSPS) is 26.2. The molecule has 0 bridgehead atoms. The van der Waals surface area contributed by atoms with Crippen molar-refractivity contribution in [3.8, 4) is 17.4 Å². The summed E-state index contributed by atoms with van der Waals surface area (Å²) < 4.78 is 45.4. The number of sulfonamides is 1. The zero-order chi connectivity index (χ0) is 31.4. The number of halogens is 1. The predicted octanol–water partition coefficient (Wildman–Crippen LogP) is 2.83. The van der Waals surface area contributed by atoms with E-state index in [2.05, 4.69) is 37.5 Å². The second-order valence-corrected chi connectivity index (χ2v) is 14.6. The lowest BCUT2D eigenvalue weighted by Crippen LogP contribution is -2.56. The molecule has 236 valence electrons. The number of amides is 3. The molecule has 44 heavy (non-hydrogen) atoms. The van der Waals surface area contributed by atoms with Gasteiger partial charge in [-0.2, -0.15) is 0 Å². The molecule has 0 spiro atoms. The number of hydrogen-bond acceptors (Lipinski definition) is 9. The SMILES string of the molecule is C=C[C@@H]1C[C@]1(NC(=O)[C@H]1C[C@@H](Oc2cc(OCC)nc3c(Br)c(OC)ccc23)CN1C(=O)C1CC1)C(=O)NS(=O)(=O)C1CC1. The van der Waals surface area contributed by atoms with Crippen molar-refractivity contribution in [2.75, 3.05) is 20.3 Å². The van der Waals surface area contributed by atoms with E-state index in [1.165, 1.54) is 11.0 Å². The Kier molecular flexibility index (Phi) is 8.02. The number of likely N-dealkylation sites (tertiary alicyclic amines) is 1. The van der Waals surface area contributed by atoms with E-state index in [9.17, 15) is 22.8 Å². The number of nitrogens with zero attached hydrogens (tertiary/aromatic N) is 2. The molecule has 2 N–H and O–H groups in total. The Bertz CT molecular complexity index is 1640. The minimum absolute atomic E-state index is 0.135. The summed E-state index contributed by atoms with van der Waals surface area (Å²) in [6.07, 6.45) is 3.88. The number of nitrogens with one attached hydrogen (secondary N) is 2. The smallest absolute Gasteiger partial charge is 0.259 e. The van der Waals surface area contributed by atoms with E-state index < -0.39 is 50.7 Å². The number of benzene rings is 1. The van der Waals surface area contributed by atoms with Crippen molar-refractivity contribution in [3.63, 3.8) is 0 Å². The number of fused-ring (bicyclic) bond motifs is 1. The molecule has 0 radical (unpaired) electrons. The van der Waals surface area contributed by atoms with Crippen molar-refractivity contribution in [2.45, 2.75) is 68.4 Å². The fraction of sp³-hybridized carbons (Fsp3) is 0.533. The lowest BCUT2D eigenvalue weighted by molar-refractivity contribution is -0.140. The number of carbonyl (C=O) groups is 3. The fourth-order valence-electron chi connectivity index (χ4n) is 5.80. The topological polar surface area (TPSA) is 153 Å². The van der Waals surface area contributed by atoms with E-state index >= 15 is 0 Å². The maximum Gasteiger partial charge on any atom is 0.259 e. The van der Waals surface area contributed by atoms with E-state index in [0.29, 0.717) is 52.2 Å². The molecule has 0 unspecified atom stereocenters. The van der Waals surface area contributed by atoms with Gasteiger partial charge in [0.05, 0.1) is 35.5 Å². The van der Waals surface area contributed by atoms with Crippen LogP contribution in [0, 0.1) is 11.8 Å². The van der Waals surface area contributed by atoms with Crippen LogP contribution in [0.2, 0.25) is 0 Å². The molecule has 6 rings (SSSR count). The quantitative estimate of drug-likeness (QED) is 0.320. The number of methoxy groups -OCH3 is 1. The van der Waals surface area contributed by atoms with Gasteiger partial charge in [-0.05, 0) is 67.1 Å². The Morgan fingerprint density at radius 1 is 1.20 bits per heavy atom. The second kappa shape index (κ2) is 11.5. The molecule has 3 aliphatic carbocycles. The molecule has 4 aliphatic rings. The molecule has 12 nitrogen and oxygen atoms in total. The van der Waals surface area contributed by atoms with Crippen LogP contribution in [0.15, 0.2) is 35.3 Å². The Morgan fingerprint density at radius 3 is 2.57 bits per heavy atom. The van der Waals surface area contributed by atoms with E-state index in [-0.39, 0.29) is 31.2 Å². The second-order valence-electron chi connectivity index (χ2n) is 11.8. The highest BCUT2D eigenvalue weighted by atomic mass is 79.9. The Labute approximate surface area is 264 Å². The third-order valence-corrected chi connectivity index (χ3v) is 11.2. The van der Waals surface area contributed by atoms with Crippen molar-refractivity contribution in [1.29, 1.82) is 0 Å². The van der Waals surface area contributed by atoms with Gasteiger partial charge in [0.1, 0.15) is 29.2 Å². The van der Waals surface area contributed by atoms with Crippen molar-refractivity contribution in [3.05, 3.63) is 35.3 Å². The summed E-state index contributed by atoms with van der Waals surface area (Å²) in [6, 6.07) is 4.39. The third-order valence-electron chi connectivity index (χ3n) is 8.65. The molecule has 1 aromatic carbocycles. The minimum atomic E-state index is -3.82. The summed E-state index contributed by atoms with van der Waals surface area (Å²) in [7, 11) is -2.26. The molecule has 1 aromatic heterocycles. The molecule has 4 atom stereocenters. The summed E-state index contributed by atoms with van der Waals surface area (Å²) >= 11 is 3.56. The average molecular weight is 692 g/mol. The molecule has 2 aromatic rings. The standard InChI is InChI=1S/C30H35BrN4O8S/c1-4-17-14-30(17,29(38)34-44(39,40)19-8-9-19)33-27(36)21-12-18(15-35(21)28(37)16-6-7-16)43-23-13-24(42-5-2)32-26-20(23)10-11-22(41-3)25(26)31/h4,10-11,13,16-19,21H,1,5-9,12,14-15H2,2-3H3,(H,33,36)(H,34,38)/t17-,18-,21-,30-/m1/s1. The van der Waals surface area contributed by atoms with Gasteiger partial charge in [-0.25, -0.2) is 13.4 Å². The molecular weight excluding hydrogens is 656 g/mol. The largest absolute Gasteiger partial charge is 0.495 e. The van der Waals surface area contributed by atoms with Crippen LogP contribution in [0.3, 0.4) is 0 Å². The van der Waals surface area contributed by atoms with Crippen molar-refractivity contribution >= 4 is 54.6 Å². The summed E-state index contributed by atoms with van der Waals surface area (Å²) in [4.78, 5) is 46.5. The summed E-state index contributed by atoms with van der Waals surface area (Å²) in [6.45, 7) is 6.15. The number of aromatic nitrogens is 1. The van der Waals surface area contributed by atoms with Crippen molar-refractivity contribution in [1.82, 2.24) is 19.9 Å². The van der Waals surface area contributed by atoms with Gasteiger partial charge < -0.3 is 24.4 Å². The number of carbonyl (C=O) groups excluding carboxylic acids is 3. The molecule has 1 saturated heterocycles. The molecule has 1 aliphatic heterocycles. The molecule has 4 fully saturated rings. The van der Waals surface area contributed by atoms with Crippen molar-refractivity contribution < 1.29 is 37.0 Å². The highest BCUT2D eigenvalue weighted by molar-refractivity contribution is 9.10. The van der Waals surface area contributed by atoms with E-state index in [0.717, 1.165) is 12.8 Å². The molecule has 14 heteroatoms. The maximum absolute atomic E-state index is 13.8. The average Bonchev–Trinajstić information content (AvgIpc) is 3.87. The lowest BCUT2D eigenvalue weighted by Gasteiger charge is -2.26. The first-order valence-electron chi connectivity index (χ1n) is 14.8. The van der Waals surface area contributed by atoms with E-state index in [1.54, 1.807) is 19.2 Å². The first kappa shape index (κ1) is 30.6. The molecule has 3 amide bonds. The molecule has 3 saturated carbocycles. The lowest BCUT2D eigenvalue weighted by atomic mass is 10.1. The van der Waals surface area contributed by atoms with Gasteiger partial charge in [0, 0.05) is 29.7 Å². The van der Waals surface area contributed by atoms with Crippen LogP contribution in [0.25, 0.3) is 10.9 Å². The van der Waals surface area contributed by atoms with Gasteiger partial charge in [-0.15, -0.1) is 6.58 Å². The van der Waals surface area contributed by atoms with E-state index in [4.69, 9.17) is 14.2 Å². The van der Waals surface area contributed by atoms with Crippen LogP contribution >= 0.6 is 15.9 Å². The van der Waals surface area contributed by atoms with Crippen LogP contribution in [0.5, 0.6) is 17.4 Å². The maximum atomic E-state index is 13.8. The first-order valence-corrected chi connectivity index (χ1v) is 17.1. The van der Waals surface area contributed by atoms with Crippen molar-refractivity contribution in [2.24, 2.45) is 11.8 Å². The Hall–Kier alpha value is -3.39. The van der Waals surface area contributed by atoms with E-state index in [1.807, 2.05) is 13.0 Å². The summed E-state index contributed by atoms with van der Waals surface area (Å²) in [5.74, 6) is -0.619. The number of rotatable bonds is 12. The van der Waals surface area contributed by atoms with Gasteiger partial charge in [0.15, 0.2) is 0 Å². The van der Waals surface area contributed by atoms with Gasteiger partial charge in [-0.3, -0.25) is 19.1 Å². The van der Waals surface area contributed by atoms with Gasteiger partial charge in [-0.1, -0.05) is 6.08 Å². The van der Waals surface area contributed by atoms with Crippen LogP contribution in [-0.4, -0.2) is 79.2 Å². The minimum Gasteiger partial charge on any atom is -0.495 e. The zero-order valence-corrected chi connectivity index (χ0v) is 26.9. The van der Waals surface area contributed by atoms with Crippen LogP contribution in [-0.2, 0) is 24.4 Å². The predicted molar refractivity (Wildman–Crippen MR) is 164 cm³/mol. The first-order chi connectivity index (χ1) is 21.0. The van der Waals surface area contributed by atoms with Gasteiger partial charge >= 0.3 is 0 Å². The molecule has 2 heterocycles. The van der Waals surface area contributed by atoms with Crippen LogP contribution in [0.1, 0.15) is 45.4 Å². The van der Waals surface area contributed by atoms with Gasteiger partial charge in [0.2, 0.25) is 27.7 Å². The summed E-state index contributed by atoms with van der Waals surface area (Å²) in [5, 5.41) is 2.91. The molecular formula is C30H35BrN4O8S. The Morgan fingerprint density at radius 2 is 1.95 bits per heavy atom. The fourth-order valence-corrected chi connectivity index (χ4v) is 7.76. The number of pyridine rings is 1. The Balaban J connectivity index is 1.25. The zero-order valence-electron chi connectivity index (χ0n) is 24.5.